The van der Waals surface area contributed by atoms with Gasteiger partial charge in [0.15, 0.2) is 0 Å². The van der Waals surface area contributed by atoms with Crippen LogP contribution in [0, 0.1) is 13.8 Å². The molecule has 0 radical (unpaired) electrons. The minimum absolute atomic E-state index is 0.0382. The maximum Gasteiger partial charge on any atom is 0.255 e. The van der Waals surface area contributed by atoms with Gasteiger partial charge in [0.2, 0.25) is 10.0 Å². The Labute approximate surface area is 147 Å². The number of rotatable bonds is 6. The van der Waals surface area contributed by atoms with E-state index in [9.17, 15) is 18.3 Å². The molecule has 0 aromatic heterocycles. The summed E-state index contributed by atoms with van der Waals surface area (Å²) in [5.41, 5.74) is 3.13. The molecule has 25 heavy (non-hydrogen) atoms. The molecule has 2 aromatic rings. The van der Waals surface area contributed by atoms with E-state index < -0.39 is 16.1 Å². The molecule has 6 nitrogen and oxygen atoms in total. The SMILES string of the molecule is Cc1ccc(NC(=O)c2ccc(S(=O)(=O)NCC(C)O)cc2)c(C)c1. The molecule has 0 aliphatic heterocycles. The average Bonchev–Trinajstić information content (AvgIpc) is 2.56. The molecule has 2 aromatic carbocycles. The van der Waals surface area contributed by atoms with Crippen LogP contribution in [0.25, 0.3) is 0 Å². The first-order valence-corrected chi connectivity index (χ1v) is 9.34. The molecule has 0 saturated heterocycles. The number of carbonyl (C=O) groups is 1. The van der Waals surface area contributed by atoms with E-state index in [2.05, 4.69) is 10.0 Å². The first kappa shape index (κ1) is 19.1. The number of nitrogens with one attached hydrogen (secondary N) is 2. The molecule has 0 spiro atoms. The standard InChI is InChI=1S/C18H22N2O4S/c1-12-4-9-17(13(2)10-12)20-18(22)15-5-7-16(8-6-15)25(23,24)19-11-14(3)21/h4-10,14,19,21H,11H2,1-3H3,(H,20,22). The predicted molar refractivity (Wildman–Crippen MR) is 97.2 cm³/mol. The fraction of sp³-hybridized carbons (Fsp3) is 0.278. The van der Waals surface area contributed by atoms with Gasteiger partial charge in [0.05, 0.1) is 11.0 Å². The van der Waals surface area contributed by atoms with Crippen LogP contribution in [0.3, 0.4) is 0 Å². The second kappa shape index (κ2) is 7.77. The van der Waals surface area contributed by atoms with Crippen LogP contribution >= 0.6 is 0 Å². The second-order valence-corrected chi connectivity index (χ2v) is 7.76. The molecule has 1 amide bonds. The van der Waals surface area contributed by atoms with Crippen molar-refractivity contribution in [1.29, 1.82) is 0 Å². The summed E-state index contributed by atoms with van der Waals surface area (Å²) in [6.45, 7) is 5.30. The lowest BCUT2D eigenvalue weighted by molar-refractivity contribution is 0.102. The molecule has 7 heteroatoms. The zero-order valence-electron chi connectivity index (χ0n) is 14.4. The molecule has 0 heterocycles. The molecule has 1 atom stereocenters. The normalized spacial score (nSPS) is 12.6. The molecule has 0 aliphatic carbocycles. The van der Waals surface area contributed by atoms with Gasteiger partial charge in [-0.25, -0.2) is 13.1 Å². The lowest BCUT2D eigenvalue weighted by Gasteiger charge is -2.11. The third-order valence-corrected chi connectivity index (χ3v) is 5.07. The van der Waals surface area contributed by atoms with E-state index in [0.29, 0.717) is 11.3 Å². The number of amides is 1. The summed E-state index contributed by atoms with van der Waals surface area (Å²) in [7, 11) is -3.71. The summed E-state index contributed by atoms with van der Waals surface area (Å²) in [4.78, 5) is 12.4. The van der Waals surface area contributed by atoms with Gasteiger partial charge in [0.25, 0.3) is 5.91 Å². The summed E-state index contributed by atoms with van der Waals surface area (Å²) in [5.74, 6) is -0.312. The zero-order chi connectivity index (χ0) is 18.6. The van der Waals surface area contributed by atoms with Gasteiger partial charge in [0.1, 0.15) is 0 Å². The number of aryl methyl sites for hydroxylation is 2. The maximum absolute atomic E-state index is 12.3. The van der Waals surface area contributed by atoms with Crippen molar-refractivity contribution in [1.82, 2.24) is 4.72 Å². The maximum atomic E-state index is 12.3. The van der Waals surface area contributed by atoms with Crippen molar-refractivity contribution >= 4 is 21.6 Å². The molecule has 134 valence electrons. The molecule has 0 saturated carbocycles. The Morgan fingerprint density at radius 2 is 1.76 bits per heavy atom. The van der Waals surface area contributed by atoms with E-state index in [1.165, 1.54) is 31.2 Å². The molecule has 1 unspecified atom stereocenters. The highest BCUT2D eigenvalue weighted by Crippen LogP contribution is 2.18. The number of aliphatic hydroxyl groups is 1. The molecule has 2 rings (SSSR count). The fourth-order valence-electron chi connectivity index (χ4n) is 2.25. The Balaban J connectivity index is 2.12. The number of hydrogen-bond acceptors (Lipinski definition) is 4. The summed E-state index contributed by atoms with van der Waals surface area (Å²) in [6.07, 6.45) is -0.780. The van der Waals surface area contributed by atoms with Crippen molar-refractivity contribution in [2.24, 2.45) is 0 Å². The van der Waals surface area contributed by atoms with Crippen LogP contribution in [0.1, 0.15) is 28.4 Å². The van der Waals surface area contributed by atoms with E-state index in [0.717, 1.165) is 11.1 Å². The second-order valence-electron chi connectivity index (χ2n) is 6.00. The Hall–Kier alpha value is -2.22. The van der Waals surface area contributed by atoms with E-state index in [-0.39, 0.29) is 17.3 Å². The van der Waals surface area contributed by atoms with Gasteiger partial charge in [-0.1, -0.05) is 17.7 Å². The molecule has 0 fully saturated rings. The Kier molecular flexibility index (Phi) is 5.94. The lowest BCUT2D eigenvalue weighted by Crippen LogP contribution is -2.30. The van der Waals surface area contributed by atoms with Crippen LogP contribution in [0.4, 0.5) is 5.69 Å². The van der Waals surface area contributed by atoms with Crippen molar-refractivity contribution in [3.05, 3.63) is 59.2 Å². The monoisotopic (exact) mass is 362 g/mol. The largest absolute Gasteiger partial charge is 0.392 e. The van der Waals surface area contributed by atoms with Crippen LogP contribution in [-0.2, 0) is 10.0 Å². The summed E-state index contributed by atoms with van der Waals surface area (Å²) in [6, 6.07) is 11.3. The smallest absolute Gasteiger partial charge is 0.255 e. The van der Waals surface area contributed by atoms with Crippen LogP contribution < -0.4 is 10.0 Å². The molecule has 0 bridgehead atoms. The highest BCUT2D eigenvalue weighted by Gasteiger charge is 2.15. The summed E-state index contributed by atoms with van der Waals surface area (Å²) in [5, 5.41) is 12.0. The van der Waals surface area contributed by atoms with Gasteiger partial charge in [-0.15, -0.1) is 0 Å². The molecule has 0 aliphatic rings. The first-order valence-electron chi connectivity index (χ1n) is 7.85. The van der Waals surface area contributed by atoms with Crippen LogP contribution in [0.5, 0.6) is 0 Å². The van der Waals surface area contributed by atoms with Gasteiger partial charge in [0, 0.05) is 17.8 Å². The minimum atomic E-state index is -3.71. The number of aliphatic hydroxyl groups excluding tert-OH is 1. The van der Waals surface area contributed by atoms with Crippen molar-refractivity contribution in [3.8, 4) is 0 Å². The van der Waals surface area contributed by atoms with Gasteiger partial charge in [-0.3, -0.25) is 4.79 Å². The molecular formula is C18H22N2O4S. The highest BCUT2D eigenvalue weighted by atomic mass is 32.2. The summed E-state index contributed by atoms with van der Waals surface area (Å²) >= 11 is 0. The van der Waals surface area contributed by atoms with Crippen molar-refractivity contribution in [2.75, 3.05) is 11.9 Å². The van der Waals surface area contributed by atoms with Crippen LogP contribution in [-0.4, -0.2) is 32.1 Å². The van der Waals surface area contributed by atoms with Crippen LogP contribution in [0.15, 0.2) is 47.4 Å². The van der Waals surface area contributed by atoms with Gasteiger partial charge in [-0.2, -0.15) is 0 Å². The first-order chi connectivity index (χ1) is 11.7. The average molecular weight is 362 g/mol. The Morgan fingerprint density at radius 3 is 2.32 bits per heavy atom. The lowest BCUT2D eigenvalue weighted by atomic mass is 10.1. The van der Waals surface area contributed by atoms with E-state index in [1.54, 1.807) is 0 Å². The van der Waals surface area contributed by atoms with Crippen LogP contribution in [0.2, 0.25) is 0 Å². The Bertz CT molecular complexity index is 859. The number of hydrogen-bond donors (Lipinski definition) is 3. The van der Waals surface area contributed by atoms with E-state index in [4.69, 9.17) is 0 Å². The number of carbonyl (C=O) groups excluding carboxylic acids is 1. The fourth-order valence-corrected chi connectivity index (χ4v) is 3.37. The van der Waals surface area contributed by atoms with Crippen molar-refractivity contribution < 1.29 is 18.3 Å². The van der Waals surface area contributed by atoms with Gasteiger partial charge >= 0.3 is 0 Å². The topological polar surface area (TPSA) is 95.5 Å². The number of sulfonamides is 1. The number of benzene rings is 2. The van der Waals surface area contributed by atoms with E-state index in [1.807, 2.05) is 32.0 Å². The Morgan fingerprint density at radius 1 is 1.12 bits per heavy atom. The highest BCUT2D eigenvalue weighted by molar-refractivity contribution is 7.89. The van der Waals surface area contributed by atoms with Crippen molar-refractivity contribution in [2.45, 2.75) is 31.8 Å². The van der Waals surface area contributed by atoms with Gasteiger partial charge < -0.3 is 10.4 Å². The van der Waals surface area contributed by atoms with E-state index >= 15 is 0 Å². The minimum Gasteiger partial charge on any atom is -0.392 e. The predicted octanol–water partition coefficient (Wildman–Crippen LogP) is 2.21. The zero-order valence-corrected chi connectivity index (χ0v) is 15.2. The molecule has 3 N–H and O–H groups in total. The molecular weight excluding hydrogens is 340 g/mol. The summed E-state index contributed by atoms with van der Waals surface area (Å²) < 4.78 is 26.4. The van der Waals surface area contributed by atoms with Gasteiger partial charge in [-0.05, 0) is 56.7 Å². The van der Waals surface area contributed by atoms with Crippen molar-refractivity contribution in [3.63, 3.8) is 0 Å². The third kappa shape index (κ3) is 5.12. The third-order valence-electron chi connectivity index (χ3n) is 3.63. The number of anilines is 1. The quantitative estimate of drug-likeness (QED) is 0.734.